The molecule has 0 spiro atoms. The second-order valence-corrected chi connectivity index (χ2v) is 16.4. The Morgan fingerprint density at radius 2 is 1.50 bits per heavy atom. The molecular formula is C46H54IrNO3S-. The van der Waals surface area contributed by atoms with Gasteiger partial charge in [0.05, 0.1) is 0 Å². The van der Waals surface area contributed by atoms with Crippen LogP contribution in [0.4, 0.5) is 0 Å². The summed E-state index contributed by atoms with van der Waals surface area (Å²) in [4.78, 5) is 17.0. The van der Waals surface area contributed by atoms with Crippen molar-refractivity contribution in [2.75, 3.05) is 0 Å². The fourth-order valence-corrected chi connectivity index (χ4v) is 7.69. The zero-order valence-corrected chi connectivity index (χ0v) is 35.9. The predicted octanol–water partition coefficient (Wildman–Crippen LogP) is 13.9. The largest absolute Gasteiger partial charge is 0.512 e. The van der Waals surface area contributed by atoms with E-state index in [-0.39, 0.29) is 47.9 Å². The van der Waals surface area contributed by atoms with Crippen LogP contribution in [0.2, 0.25) is 0 Å². The number of rotatable bonds is 9. The van der Waals surface area contributed by atoms with Crippen LogP contribution >= 0.6 is 11.3 Å². The van der Waals surface area contributed by atoms with Crippen LogP contribution in [0.25, 0.3) is 54.4 Å². The van der Waals surface area contributed by atoms with Gasteiger partial charge >= 0.3 is 0 Å². The predicted molar refractivity (Wildman–Crippen MR) is 218 cm³/mol. The van der Waals surface area contributed by atoms with Gasteiger partial charge in [-0.3, -0.25) is 9.78 Å². The molecule has 1 N–H and O–H groups in total. The molecule has 6 aromatic rings. The first kappa shape index (κ1) is 41.2. The van der Waals surface area contributed by atoms with Crippen molar-refractivity contribution in [2.45, 2.75) is 107 Å². The molecule has 3 heterocycles. The van der Waals surface area contributed by atoms with Crippen molar-refractivity contribution in [1.29, 1.82) is 0 Å². The smallest absolute Gasteiger partial charge is 0.164 e. The van der Waals surface area contributed by atoms with Crippen LogP contribution in [-0.4, -0.2) is 15.9 Å². The maximum Gasteiger partial charge on any atom is 0.164 e. The third kappa shape index (κ3) is 7.86. The van der Waals surface area contributed by atoms with Crippen molar-refractivity contribution in [2.24, 2.45) is 10.8 Å². The number of furan rings is 1. The van der Waals surface area contributed by atoms with E-state index in [1.807, 2.05) is 47.7 Å². The van der Waals surface area contributed by atoms with Crippen molar-refractivity contribution in [3.05, 3.63) is 101 Å². The molecule has 1 radical (unpaired) electrons. The zero-order chi connectivity index (χ0) is 37.3. The van der Waals surface area contributed by atoms with Gasteiger partial charge in [-0.25, -0.2) is 0 Å². The van der Waals surface area contributed by atoms with Gasteiger partial charge in [-0.1, -0.05) is 104 Å². The van der Waals surface area contributed by atoms with Gasteiger partial charge in [-0.2, -0.15) is 0 Å². The second kappa shape index (κ2) is 16.2. The Balaban J connectivity index is 0.000000289. The van der Waals surface area contributed by atoms with E-state index in [4.69, 9.17) is 9.40 Å². The second-order valence-electron chi connectivity index (χ2n) is 15.5. The summed E-state index contributed by atoms with van der Waals surface area (Å²) in [5.41, 5.74) is 6.92. The quantitative estimate of drug-likeness (QED) is 0.0892. The molecule has 52 heavy (non-hydrogen) atoms. The summed E-state index contributed by atoms with van der Waals surface area (Å²) in [7, 11) is 0. The Labute approximate surface area is 328 Å². The Kier molecular flexibility index (Phi) is 12.8. The number of benzene rings is 3. The van der Waals surface area contributed by atoms with E-state index in [2.05, 4.69) is 101 Å². The number of hydrogen-bond acceptors (Lipinski definition) is 5. The molecule has 0 unspecified atom stereocenters. The zero-order valence-electron chi connectivity index (χ0n) is 32.7. The molecule has 277 valence electrons. The van der Waals surface area contributed by atoms with Crippen LogP contribution in [0.15, 0.2) is 82.4 Å². The molecule has 0 bridgehead atoms. The summed E-state index contributed by atoms with van der Waals surface area (Å²) in [6.07, 6.45) is 6.64. The maximum absolute atomic E-state index is 12.2. The number of nitrogens with zero attached hydrogens (tertiary/aromatic N) is 1. The minimum Gasteiger partial charge on any atom is -0.512 e. The summed E-state index contributed by atoms with van der Waals surface area (Å²) in [6.45, 7) is 23.2. The SMILES string of the molecule is CCC(C)(CC)C(=O)/C=C(\O)C(C)(CC)CC.Cc1c(-c2cccc3c(C)csc23)oc2c(-c3[c-]c4ccccc4c(C(C)(C)C)c3)nccc12.[Ir]. The Hall–Kier alpha value is -3.57. The van der Waals surface area contributed by atoms with E-state index < -0.39 is 0 Å². The first-order valence-electron chi connectivity index (χ1n) is 18.4. The fraction of sp³-hybridized carbons (Fsp3) is 0.391. The topological polar surface area (TPSA) is 63.3 Å². The van der Waals surface area contributed by atoms with E-state index in [0.29, 0.717) is 0 Å². The fourth-order valence-electron chi connectivity index (χ4n) is 6.62. The number of aliphatic hydroxyl groups is 1. The summed E-state index contributed by atoms with van der Waals surface area (Å²) in [5, 5.41) is 17.1. The molecule has 3 aromatic carbocycles. The molecule has 0 atom stereocenters. The van der Waals surface area contributed by atoms with Crippen LogP contribution in [0.1, 0.15) is 105 Å². The summed E-state index contributed by atoms with van der Waals surface area (Å²) in [5.74, 6) is 1.21. The van der Waals surface area contributed by atoms with Gasteiger partial charge in [0.2, 0.25) is 0 Å². The summed E-state index contributed by atoms with van der Waals surface area (Å²) in [6, 6.07) is 22.9. The number of fused-ring (bicyclic) bond motifs is 3. The van der Waals surface area contributed by atoms with Crippen LogP contribution < -0.4 is 0 Å². The standard InChI is InChI=1S/C31H26NOS.C15H28O2.Ir/c1-18-17-34-30-22(18)11-8-12-25(30)28-19(2)23-13-14-32-27(29(23)33-28)21-15-20-9-6-7-10-24(20)26(16-21)31(3,4)5;1-7-14(5,8-2)12(16)11-13(17)15(6,9-3)10-4;/h6-14,16-17H,1-5H3;11,16H,7-10H2,1-6H3;/q-1;;/b;12-11-;. The molecule has 0 fully saturated rings. The monoisotopic (exact) mass is 893 g/mol. The number of aliphatic hydroxyl groups excluding tert-OH is 1. The van der Waals surface area contributed by atoms with Gasteiger partial charge in [0.1, 0.15) is 17.1 Å². The molecule has 3 aromatic heterocycles. The van der Waals surface area contributed by atoms with E-state index in [0.717, 1.165) is 70.2 Å². The van der Waals surface area contributed by atoms with Gasteiger partial charge in [-0.15, -0.1) is 40.5 Å². The van der Waals surface area contributed by atoms with Crippen molar-refractivity contribution in [3.63, 3.8) is 0 Å². The van der Waals surface area contributed by atoms with Crippen LogP contribution in [0, 0.1) is 30.7 Å². The van der Waals surface area contributed by atoms with Crippen LogP contribution in [0.3, 0.4) is 0 Å². The van der Waals surface area contributed by atoms with Crippen molar-refractivity contribution in [1.82, 2.24) is 4.98 Å². The molecule has 0 amide bonds. The molecule has 0 aliphatic heterocycles. The van der Waals surface area contributed by atoms with E-state index in [1.165, 1.54) is 32.7 Å². The van der Waals surface area contributed by atoms with Gasteiger partial charge in [0.15, 0.2) is 5.78 Å². The number of ketones is 1. The van der Waals surface area contributed by atoms with Crippen molar-refractivity contribution >= 4 is 48.9 Å². The van der Waals surface area contributed by atoms with Crippen LogP contribution in [0.5, 0.6) is 0 Å². The maximum atomic E-state index is 12.2. The molecule has 0 aliphatic carbocycles. The van der Waals surface area contributed by atoms with E-state index in [1.54, 1.807) is 11.3 Å². The van der Waals surface area contributed by atoms with E-state index >= 15 is 0 Å². The van der Waals surface area contributed by atoms with Crippen molar-refractivity contribution in [3.8, 4) is 22.6 Å². The normalized spacial score (nSPS) is 12.6. The molecule has 0 saturated heterocycles. The minimum atomic E-state index is -0.337. The third-order valence-corrected chi connectivity index (χ3v) is 12.5. The third-order valence-electron chi connectivity index (χ3n) is 11.3. The Bertz CT molecular complexity index is 2220. The number of aryl methyl sites for hydroxylation is 2. The summed E-state index contributed by atoms with van der Waals surface area (Å²) >= 11 is 1.78. The molecule has 4 nitrogen and oxygen atoms in total. The van der Waals surface area contributed by atoms with E-state index in [9.17, 15) is 9.90 Å². The number of carbonyl (C=O) groups excluding carboxylic acids is 1. The Morgan fingerprint density at radius 1 is 0.865 bits per heavy atom. The molecule has 6 rings (SSSR count). The van der Waals surface area contributed by atoms with Gasteiger partial charge < -0.3 is 9.52 Å². The number of carbonyl (C=O) groups is 1. The molecule has 6 heteroatoms. The minimum absolute atomic E-state index is 0. The number of pyridine rings is 1. The number of allylic oxidation sites excluding steroid dienone is 2. The van der Waals surface area contributed by atoms with Gasteiger partial charge in [0, 0.05) is 70.1 Å². The number of aromatic nitrogens is 1. The average molecular weight is 893 g/mol. The van der Waals surface area contributed by atoms with Crippen LogP contribution in [-0.2, 0) is 30.3 Å². The van der Waals surface area contributed by atoms with Gasteiger partial charge in [-0.05, 0) is 73.4 Å². The molecule has 0 aliphatic rings. The number of hydrogen-bond donors (Lipinski definition) is 1. The molecular weight excluding hydrogens is 839 g/mol. The molecule has 0 saturated carbocycles. The summed E-state index contributed by atoms with van der Waals surface area (Å²) < 4.78 is 7.92. The number of thiophene rings is 1. The first-order chi connectivity index (χ1) is 24.1. The van der Waals surface area contributed by atoms with Gasteiger partial charge in [0.25, 0.3) is 0 Å². The average Bonchev–Trinajstić information content (AvgIpc) is 3.69. The van der Waals surface area contributed by atoms with Crippen molar-refractivity contribution < 1.29 is 34.4 Å². The first-order valence-corrected chi connectivity index (χ1v) is 19.3. The Morgan fingerprint density at radius 3 is 2.13 bits per heavy atom.